The van der Waals surface area contributed by atoms with E-state index >= 15 is 0 Å². The fourth-order valence-electron chi connectivity index (χ4n) is 1.27. The second kappa shape index (κ2) is 4.36. The lowest BCUT2D eigenvalue weighted by Crippen LogP contribution is -1.83. The summed E-state index contributed by atoms with van der Waals surface area (Å²) in [6.07, 6.45) is 2.53. The smallest absolute Gasteiger partial charge is 0.151 e. The van der Waals surface area contributed by atoms with E-state index in [1.807, 2.05) is 37.3 Å². The molecule has 15 heavy (non-hydrogen) atoms. The van der Waals surface area contributed by atoms with Crippen LogP contribution in [0.15, 0.2) is 50.8 Å². The molecular formula is C12H10O2S. The molecular weight excluding hydrogens is 208 g/mol. The minimum atomic E-state index is 0.711. The summed E-state index contributed by atoms with van der Waals surface area (Å²) in [7, 11) is 0. The van der Waals surface area contributed by atoms with Gasteiger partial charge < -0.3 is 4.42 Å². The van der Waals surface area contributed by atoms with Crippen molar-refractivity contribution in [2.24, 2.45) is 0 Å². The molecule has 0 N–H and O–H groups in total. The average molecular weight is 218 g/mol. The Labute approximate surface area is 92.3 Å². The zero-order valence-corrected chi connectivity index (χ0v) is 9.08. The predicted octanol–water partition coefficient (Wildman–Crippen LogP) is 3.55. The molecule has 1 aromatic heterocycles. The van der Waals surface area contributed by atoms with Crippen LogP contribution in [0.5, 0.6) is 0 Å². The lowest BCUT2D eigenvalue weighted by molar-refractivity contribution is 0.112. The zero-order valence-electron chi connectivity index (χ0n) is 8.27. The highest BCUT2D eigenvalue weighted by Crippen LogP contribution is 2.32. The highest BCUT2D eigenvalue weighted by Gasteiger charge is 2.06. The number of benzene rings is 1. The van der Waals surface area contributed by atoms with E-state index in [2.05, 4.69) is 0 Å². The number of aldehydes is 1. The Kier molecular flexibility index (Phi) is 2.92. The van der Waals surface area contributed by atoms with E-state index in [0.717, 1.165) is 21.8 Å². The fraction of sp³-hybridized carbons (Fsp3) is 0.0833. The first-order valence-corrected chi connectivity index (χ1v) is 5.39. The lowest BCUT2D eigenvalue weighted by Gasteiger charge is -2.02. The Balaban J connectivity index is 2.32. The summed E-state index contributed by atoms with van der Waals surface area (Å²) < 4.78 is 5.20. The largest absolute Gasteiger partial charge is 0.468 e. The topological polar surface area (TPSA) is 30.2 Å². The fourth-order valence-corrected chi connectivity index (χ4v) is 2.20. The van der Waals surface area contributed by atoms with Crippen LogP contribution >= 0.6 is 11.8 Å². The van der Waals surface area contributed by atoms with Gasteiger partial charge in [-0.1, -0.05) is 30.0 Å². The number of carbonyl (C=O) groups excluding carboxylic acids is 1. The molecule has 3 heteroatoms. The van der Waals surface area contributed by atoms with Gasteiger partial charge in [0.2, 0.25) is 0 Å². The molecule has 2 nitrogen and oxygen atoms in total. The molecule has 0 fully saturated rings. The van der Waals surface area contributed by atoms with Crippen molar-refractivity contribution in [1.29, 1.82) is 0 Å². The first-order chi connectivity index (χ1) is 7.31. The quantitative estimate of drug-likeness (QED) is 0.738. The summed E-state index contributed by atoms with van der Waals surface area (Å²) in [6.45, 7) is 1.91. The van der Waals surface area contributed by atoms with Crippen LogP contribution in [0.3, 0.4) is 0 Å². The van der Waals surface area contributed by atoms with Crippen LogP contribution in [0.1, 0.15) is 16.1 Å². The highest BCUT2D eigenvalue weighted by atomic mass is 32.2. The molecule has 2 rings (SSSR count). The summed E-state index contributed by atoms with van der Waals surface area (Å²) in [5.41, 5.74) is 0.711. The molecule has 1 aromatic carbocycles. The van der Waals surface area contributed by atoms with Crippen molar-refractivity contribution in [3.8, 4) is 0 Å². The van der Waals surface area contributed by atoms with Crippen molar-refractivity contribution in [3.05, 3.63) is 47.9 Å². The van der Waals surface area contributed by atoms with E-state index in [0.29, 0.717) is 5.56 Å². The van der Waals surface area contributed by atoms with Gasteiger partial charge in [-0.3, -0.25) is 4.79 Å². The number of hydrogen-bond acceptors (Lipinski definition) is 3. The normalized spacial score (nSPS) is 10.2. The van der Waals surface area contributed by atoms with Gasteiger partial charge in [-0.2, -0.15) is 0 Å². The molecule has 0 bridgehead atoms. The Morgan fingerprint density at radius 3 is 2.67 bits per heavy atom. The minimum Gasteiger partial charge on any atom is -0.468 e. The summed E-state index contributed by atoms with van der Waals surface area (Å²) in [6, 6.07) is 9.42. The van der Waals surface area contributed by atoms with Crippen molar-refractivity contribution in [2.45, 2.75) is 16.7 Å². The Bertz CT molecular complexity index is 474. The maximum Gasteiger partial charge on any atom is 0.151 e. The lowest BCUT2D eigenvalue weighted by atomic mass is 10.2. The maximum atomic E-state index is 10.8. The van der Waals surface area contributed by atoms with Gasteiger partial charge in [0.25, 0.3) is 0 Å². The molecule has 0 aliphatic rings. The SMILES string of the molecule is Cc1occc1Sc1ccccc1C=O. The zero-order chi connectivity index (χ0) is 10.7. The van der Waals surface area contributed by atoms with Crippen LogP contribution < -0.4 is 0 Å². The third-order valence-corrected chi connectivity index (χ3v) is 3.31. The van der Waals surface area contributed by atoms with Crippen LogP contribution in [-0.4, -0.2) is 6.29 Å². The molecule has 0 aliphatic heterocycles. The molecule has 0 saturated heterocycles. The van der Waals surface area contributed by atoms with E-state index in [4.69, 9.17) is 4.42 Å². The van der Waals surface area contributed by atoms with Crippen molar-refractivity contribution in [1.82, 2.24) is 0 Å². The van der Waals surface area contributed by atoms with Crippen LogP contribution in [0.2, 0.25) is 0 Å². The molecule has 0 atom stereocenters. The highest BCUT2D eigenvalue weighted by molar-refractivity contribution is 7.99. The van der Waals surface area contributed by atoms with Crippen molar-refractivity contribution >= 4 is 18.0 Å². The molecule has 0 saturated carbocycles. The number of carbonyl (C=O) groups is 1. The number of aryl methyl sites for hydroxylation is 1. The molecule has 0 spiro atoms. The van der Waals surface area contributed by atoms with Crippen LogP contribution in [0.4, 0.5) is 0 Å². The Morgan fingerprint density at radius 2 is 2.00 bits per heavy atom. The maximum absolute atomic E-state index is 10.8. The molecule has 0 unspecified atom stereocenters. The predicted molar refractivity (Wildman–Crippen MR) is 59.4 cm³/mol. The van der Waals surface area contributed by atoms with Gasteiger partial charge in [0, 0.05) is 10.5 Å². The number of furan rings is 1. The molecule has 2 aromatic rings. The summed E-state index contributed by atoms with van der Waals surface area (Å²) in [4.78, 5) is 12.8. The van der Waals surface area contributed by atoms with E-state index in [9.17, 15) is 4.79 Å². The second-order valence-corrected chi connectivity index (χ2v) is 4.18. The summed E-state index contributed by atoms with van der Waals surface area (Å²) >= 11 is 1.55. The van der Waals surface area contributed by atoms with Gasteiger partial charge in [0.1, 0.15) is 5.76 Å². The van der Waals surface area contributed by atoms with E-state index in [1.165, 1.54) is 0 Å². The number of rotatable bonds is 3. The van der Waals surface area contributed by atoms with Gasteiger partial charge in [0.15, 0.2) is 6.29 Å². The van der Waals surface area contributed by atoms with Gasteiger partial charge >= 0.3 is 0 Å². The summed E-state index contributed by atoms with van der Waals surface area (Å²) in [5, 5.41) is 0. The third-order valence-electron chi connectivity index (χ3n) is 2.08. The van der Waals surface area contributed by atoms with Gasteiger partial charge in [0.05, 0.1) is 11.2 Å². The van der Waals surface area contributed by atoms with Crippen molar-refractivity contribution in [2.75, 3.05) is 0 Å². The standard InChI is InChI=1S/C12H10O2S/c1-9-11(6-7-14-9)15-12-5-3-2-4-10(12)8-13/h2-8H,1H3. The van der Waals surface area contributed by atoms with Crippen molar-refractivity contribution in [3.63, 3.8) is 0 Å². The van der Waals surface area contributed by atoms with Gasteiger partial charge in [-0.25, -0.2) is 0 Å². The average Bonchev–Trinajstić information content (AvgIpc) is 2.65. The van der Waals surface area contributed by atoms with Crippen LogP contribution in [0, 0.1) is 6.92 Å². The van der Waals surface area contributed by atoms with E-state index in [-0.39, 0.29) is 0 Å². The number of hydrogen-bond donors (Lipinski definition) is 0. The molecule has 0 radical (unpaired) electrons. The monoisotopic (exact) mass is 218 g/mol. The molecule has 0 aliphatic carbocycles. The molecule has 0 amide bonds. The van der Waals surface area contributed by atoms with Crippen LogP contribution in [-0.2, 0) is 0 Å². The van der Waals surface area contributed by atoms with E-state index in [1.54, 1.807) is 18.0 Å². The first kappa shape index (κ1) is 10.1. The van der Waals surface area contributed by atoms with E-state index < -0.39 is 0 Å². The van der Waals surface area contributed by atoms with Crippen molar-refractivity contribution < 1.29 is 9.21 Å². The Morgan fingerprint density at radius 1 is 1.20 bits per heavy atom. The minimum absolute atomic E-state index is 0.711. The Hall–Kier alpha value is -1.48. The second-order valence-electron chi connectivity index (χ2n) is 3.10. The molecule has 1 heterocycles. The molecule has 76 valence electrons. The van der Waals surface area contributed by atoms with Gasteiger partial charge in [-0.15, -0.1) is 0 Å². The summed E-state index contributed by atoms with van der Waals surface area (Å²) in [5.74, 6) is 0.876. The first-order valence-electron chi connectivity index (χ1n) is 4.57. The van der Waals surface area contributed by atoms with Gasteiger partial charge in [-0.05, 0) is 19.1 Å². The van der Waals surface area contributed by atoms with Crippen LogP contribution in [0.25, 0.3) is 0 Å². The third kappa shape index (κ3) is 2.13.